The van der Waals surface area contributed by atoms with Crippen LogP contribution < -0.4 is 0 Å². The van der Waals surface area contributed by atoms with Crippen molar-refractivity contribution in [1.29, 1.82) is 5.26 Å². The van der Waals surface area contributed by atoms with Crippen LogP contribution in [0.3, 0.4) is 0 Å². The van der Waals surface area contributed by atoms with Crippen LogP contribution in [0.15, 0.2) is 29.2 Å². The molecule has 1 aromatic rings. The summed E-state index contributed by atoms with van der Waals surface area (Å²) in [4.78, 5) is -0.170. The van der Waals surface area contributed by atoms with Crippen molar-refractivity contribution in [1.82, 2.24) is 0 Å². The summed E-state index contributed by atoms with van der Waals surface area (Å²) in [6.45, 7) is 11.6. The number of benzene rings is 1. The van der Waals surface area contributed by atoms with Gasteiger partial charge in [0.25, 0.3) is 0 Å². The smallest absolute Gasteiger partial charge is 0.166 e. The fourth-order valence-electron chi connectivity index (χ4n) is 4.01. The molecule has 0 aromatic heterocycles. The lowest BCUT2D eigenvalue weighted by atomic mass is 10.0. The molecule has 1 rings (SSSR count). The number of unbranched alkanes of at least 4 members (excludes halogenated alkanes) is 10. The summed E-state index contributed by atoms with van der Waals surface area (Å²) in [6, 6.07) is 8.42. The molecule has 0 amide bonds. The Balaban J connectivity index is 0.000000712. The monoisotopic (exact) mass is 494 g/mol. The van der Waals surface area contributed by atoms with Crippen molar-refractivity contribution in [2.75, 3.05) is 26.7 Å². The highest BCUT2D eigenvalue weighted by Crippen LogP contribution is 2.17. The minimum atomic E-state index is -4.30. The lowest BCUT2D eigenvalue weighted by Crippen LogP contribution is -2.45. The molecule has 6 heteroatoms. The number of nitrogens with zero attached hydrogens (tertiary/aromatic N) is 2. The molecule has 1 aromatic carbocycles. The van der Waals surface area contributed by atoms with E-state index in [0.717, 1.165) is 10.0 Å². The molecule has 0 atom stereocenters. The van der Waals surface area contributed by atoms with E-state index in [1.54, 1.807) is 12.1 Å². The van der Waals surface area contributed by atoms with Crippen molar-refractivity contribution in [2.24, 2.45) is 0 Å². The Labute approximate surface area is 210 Å². The van der Waals surface area contributed by atoms with E-state index in [1.165, 1.54) is 102 Å². The molecule has 0 aliphatic rings. The Kier molecular flexibility index (Phi) is 18.1. The number of hydrogen-bond donors (Lipinski definition) is 0. The third-order valence-electron chi connectivity index (χ3n) is 6.39. The van der Waals surface area contributed by atoms with E-state index in [4.69, 9.17) is 5.26 Å². The maximum absolute atomic E-state index is 10.6. The first kappa shape index (κ1) is 32.6. The Morgan fingerprint density at radius 2 is 1.24 bits per heavy atom. The van der Waals surface area contributed by atoms with Gasteiger partial charge in [0, 0.05) is 0 Å². The summed E-state index contributed by atoms with van der Waals surface area (Å²) >= 11 is 0. The zero-order chi connectivity index (χ0) is 25.9. The molecule has 0 aliphatic carbocycles. The van der Waals surface area contributed by atoms with Gasteiger partial charge in [-0.05, 0) is 49.3 Å². The van der Waals surface area contributed by atoms with Gasteiger partial charge >= 0.3 is 0 Å². The normalized spacial score (nSPS) is 11.7. The summed E-state index contributed by atoms with van der Waals surface area (Å²) < 4.78 is 32.6. The van der Waals surface area contributed by atoms with E-state index in [-0.39, 0.29) is 4.90 Å². The molecule has 0 heterocycles. The molecular weight excluding hydrogens is 444 g/mol. The fourth-order valence-corrected chi connectivity index (χ4v) is 4.48. The van der Waals surface area contributed by atoms with Gasteiger partial charge in [-0.25, -0.2) is 8.42 Å². The van der Waals surface area contributed by atoms with Crippen LogP contribution in [0.1, 0.15) is 116 Å². The fraction of sp³-hybridized carbons (Fsp3) is 0.750. The van der Waals surface area contributed by atoms with E-state index in [1.807, 2.05) is 13.8 Å². The van der Waals surface area contributed by atoms with Crippen LogP contribution in [0.5, 0.6) is 0 Å². The average molecular weight is 495 g/mol. The lowest BCUT2D eigenvalue weighted by molar-refractivity contribution is -0.903. The second-order valence-electron chi connectivity index (χ2n) is 10.1. The Morgan fingerprint density at radius 3 is 1.59 bits per heavy atom. The highest BCUT2D eigenvalue weighted by molar-refractivity contribution is 7.85. The van der Waals surface area contributed by atoms with Gasteiger partial charge in [-0.2, -0.15) is 5.26 Å². The molecule has 0 unspecified atom stereocenters. The van der Waals surface area contributed by atoms with Crippen LogP contribution in [0.25, 0.3) is 0 Å². The highest BCUT2D eigenvalue weighted by atomic mass is 32.2. The van der Waals surface area contributed by atoms with Crippen molar-refractivity contribution in [3.63, 3.8) is 0 Å². The van der Waals surface area contributed by atoms with Crippen molar-refractivity contribution in [2.45, 2.75) is 116 Å². The molecule has 0 N–H and O–H groups in total. The first-order chi connectivity index (χ1) is 16.1. The summed E-state index contributed by atoms with van der Waals surface area (Å²) in [5.41, 5.74) is 1.02. The van der Waals surface area contributed by atoms with Crippen molar-refractivity contribution in [3.05, 3.63) is 29.8 Å². The summed E-state index contributed by atoms with van der Waals surface area (Å²) in [6.07, 6.45) is 16.2. The predicted molar refractivity (Wildman–Crippen MR) is 142 cm³/mol. The largest absolute Gasteiger partial charge is 0.744 e. The maximum atomic E-state index is 10.6. The molecule has 0 bridgehead atoms. The van der Waals surface area contributed by atoms with Crippen LogP contribution in [0, 0.1) is 11.3 Å². The number of quaternary nitrogens is 1. The Bertz CT molecular complexity index is 752. The Hall–Kier alpha value is -1.42. The highest BCUT2D eigenvalue weighted by Gasteiger charge is 2.19. The topological polar surface area (TPSA) is 81.0 Å². The molecular formula is C28H50N2O3S. The molecule has 0 spiro atoms. The SMILES string of the molecule is CC(C)c1ccc(S(=O)(=O)[O-])cc1.CCCCCCCC[N+](C)(CC#N)CCCCCCCC. The number of hydrogen-bond acceptors (Lipinski definition) is 4. The van der Waals surface area contributed by atoms with Gasteiger partial charge in [0.15, 0.2) is 6.54 Å². The third-order valence-corrected chi connectivity index (χ3v) is 7.24. The van der Waals surface area contributed by atoms with Crippen molar-refractivity contribution < 1.29 is 17.5 Å². The predicted octanol–water partition coefficient (Wildman–Crippen LogP) is 7.39. The summed E-state index contributed by atoms with van der Waals surface area (Å²) in [7, 11) is -2.02. The maximum Gasteiger partial charge on any atom is 0.166 e. The molecule has 196 valence electrons. The standard InChI is InChI=1S/C19H39N2.C9H12O3S/c1-4-6-8-10-12-14-17-21(3,19-16-20)18-15-13-11-9-7-5-2;1-7(2)8-3-5-9(6-4-8)13(10,11)12/h4-15,17-19H2,1-3H3;3-7H,1-2H3,(H,10,11,12)/q+1;/p-1. The second-order valence-corrected chi connectivity index (χ2v) is 11.5. The molecule has 34 heavy (non-hydrogen) atoms. The van der Waals surface area contributed by atoms with Gasteiger partial charge in [0.2, 0.25) is 0 Å². The van der Waals surface area contributed by atoms with Crippen LogP contribution in [0.4, 0.5) is 0 Å². The van der Waals surface area contributed by atoms with E-state index in [2.05, 4.69) is 27.0 Å². The molecule has 0 aliphatic heterocycles. The van der Waals surface area contributed by atoms with Crippen LogP contribution in [-0.2, 0) is 10.1 Å². The van der Waals surface area contributed by atoms with E-state index in [0.29, 0.717) is 12.5 Å². The molecule has 0 saturated heterocycles. The quantitative estimate of drug-likeness (QED) is 0.0978. The van der Waals surface area contributed by atoms with Crippen molar-refractivity contribution in [3.8, 4) is 6.07 Å². The Morgan fingerprint density at radius 1 is 0.824 bits per heavy atom. The lowest BCUT2D eigenvalue weighted by Gasteiger charge is -2.32. The van der Waals surface area contributed by atoms with E-state index >= 15 is 0 Å². The second kappa shape index (κ2) is 18.9. The third kappa shape index (κ3) is 16.2. The van der Waals surface area contributed by atoms with Gasteiger partial charge in [0.1, 0.15) is 16.2 Å². The van der Waals surface area contributed by atoms with Crippen LogP contribution >= 0.6 is 0 Å². The minimum absolute atomic E-state index is 0.170. The molecule has 0 saturated carbocycles. The van der Waals surface area contributed by atoms with E-state index < -0.39 is 10.1 Å². The minimum Gasteiger partial charge on any atom is -0.744 e. The molecule has 0 fully saturated rings. The number of rotatable bonds is 17. The zero-order valence-electron chi connectivity index (χ0n) is 22.5. The van der Waals surface area contributed by atoms with Crippen molar-refractivity contribution >= 4 is 10.1 Å². The van der Waals surface area contributed by atoms with Gasteiger partial charge in [-0.15, -0.1) is 0 Å². The molecule has 5 nitrogen and oxygen atoms in total. The van der Waals surface area contributed by atoms with E-state index in [9.17, 15) is 13.0 Å². The van der Waals surface area contributed by atoms with Gasteiger partial charge in [0.05, 0.1) is 25.0 Å². The first-order valence-electron chi connectivity index (χ1n) is 13.4. The summed E-state index contributed by atoms with van der Waals surface area (Å²) in [5.74, 6) is 0.336. The van der Waals surface area contributed by atoms with Gasteiger partial charge < -0.3 is 9.04 Å². The first-order valence-corrected chi connectivity index (χ1v) is 14.8. The van der Waals surface area contributed by atoms with Gasteiger partial charge in [-0.3, -0.25) is 0 Å². The summed E-state index contributed by atoms with van der Waals surface area (Å²) in [5, 5.41) is 9.08. The average Bonchev–Trinajstić information content (AvgIpc) is 2.79. The van der Waals surface area contributed by atoms with Crippen LogP contribution in [0.2, 0.25) is 0 Å². The zero-order valence-corrected chi connectivity index (χ0v) is 23.3. The molecule has 0 radical (unpaired) electrons. The number of nitriles is 1. The van der Waals surface area contributed by atoms with Gasteiger partial charge in [-0.1, -0.05) is 91.2 Å². The van der Waals surface area contributed by atoms with Crippen LogP contribution in [-0.4, -0.2) is 44.1 Å².